The van der Waals surface area contributed by atoms with Gasteiger partial charge in [0.2, 0.25) is 5.91 Å². The second-order valence-corrected chi connectivity index (χ2v) is 5.83. The van der Waals surface area contributed by atoms with Crippen LogP contribution in [0.25, 0.3) is 21.8 Å². The molecule has 7 nitrogen and oxygen atoms in total. The van der Waals surface area contributed by atoms with Crippen LogP contribution >= 0.6 is 0 Å². The van der Waals surface area contributed by atoms with E-state index in [1.165, 1.54) is 0 Å². The average molecular weight is 333 g/mol. The number of benzene rings is 1. The highest BCUT2D eigenvalue weighted by molar-refractivity contribution is 6.06. The predicted octanol–water partition coefficient (Wildman–Crippen LogP) is 2.22. The lowest BCUT2D eigenvalue weighted by atomic mass is 10.1. The van der Waals surface area contributed by atoms with E-state index in [-0.39, 0.29) is 18.0 Å². The van der Waals surface area contributed by atoms with Crippen LogP contribution in [0.5, 0.6) is 0 Å². The monoisotopic (exact) mass is 333 g/mol. The van der Waals surface area contributed by atoms with Gasteiger partial charge in [-0.3, -0.25) is 9.59 Å². The number of carbonyl (C=O) groups excluding carboxylic acids is 1. The zero-order valence-electron chi connectivity index (χ0n) is 13.5. The molecule has 0 aliphatic heterocycles. The number of rotatable bonds is 3. The number of hydrogen-bond acceptors (Lipinski definition) is 4. The van der Waals surface area contributed by atoms with Gasteiger partial charge in [-0.05, 0) is 31.2 Å². The number of amides is 1. The summed E-state index contributed by atoms with van der Waals surface area (Å²) in [5.74, 6) is 0.0716. The number of aryl methyl sites for hydroxylation is 1. The maximum Gasteiger partial charge on any atom is 0.291 e. The topological polar surface area (TPSA) is 92.7 Å². The highest BCUT2D eigenvalue weighted by Crippen LogP contribution is 2.23. The van der Waals surface area contributed by atoms with Gasteiger partial charge in [0.1, 0.15) is 17.9 Å². The van der Waals surface area contributed by atoms with Gasteiger partial charge in [0.25, 0.3) is 5.56 Å². The summed E-state index contributed by atoms with van der Waals surface area (Å²) in [4.78, 5) is 31.9. The Balaban J connectivity index is 1.69. The van der Waals surface area contributed by atoms with E-state index in [0.717, 1.165) is 26.5 Å². The Kier molecular flexibility index (Phi) is 3.53. The molecule has 3 heterocycles. The summed E-state index contributed by atoms with van der Waals surface area (Å²) in [5.41, 5.74) is 2.09. The number of nitrogens with one attached hydrogen (secondary N) is 2. The molecule has 2 N–H and O–H groups in total. The average Bonchev–Trinajstić information content (AvgIpc) is 2.97. The second-order valence-electron chi connectivity index (χ2n) is 5.83. The van der Waals surface area contributed by atoms with Gasteiger partial charge >= 0.3 is 0 Å². The fraction of sp³-hybridized carbons (Fsp3) is 0.111. The first kappa shape index (κ1) is 15.1. The molecule has 25 heavy (non-hydrogen) atoms. The van der Waals surface area contributed by atoms with E-state index in [2.05, 4.69) is 20.4 Å². The lowest BCUT2D eigenvalue weighted by molar-refractivity contribution is -0.117. The molecule has 0 spiro atoms. The molecule has 0 fully saturated rings. The maximum absolute atomic E-state index is 12.6. The SMILES string of the molecule is Cc1ccc2[nH]c3c(=O)n(CC(=O)Nc4ccccn4)ncc3c2c1. The number of anilines is 1. The van der Waals surface area contributed by atoms with Crippen LogP contribution in [-0.4, -0.2) is 25.7 Å². The normalized spacial score (nSPS) is 11.1. The first-order valence-electron chi connectivity index (χ1n) is 7.81. The van der Waals surface area contributed by atoms with Crippen LogP contribution in [-0.2, 0) is 11.3 Å². The third-order valence-corrected chi connectivity index (χ3v) is 3.99. The molecular weight excluding hydrogens is 318 g/mol. The fourth-order valence-electron chi connectivity index (χ4n) is 2.81. The number of H-pyrrole nitrogens is 1. The highest BCUT2D eigenvalue weighted by atomic mass is 16.2. The summed E-state index contributed by atoms with van der Waals surface area (Å²) >= 11 is 0. The van der Waals surface area contributed by atoms with Crippen molar-refractivity contribution in [2.45, 2.75) is 13.5 Å². The molecule has 7 heteroatoms. The maximum atomic E-state index is 12.6. The van der Waals surface area contributed by atoms with Crippen LogP contribution in [0.15, 0.2) is 53.6 Å². The van der Waals surface area contributed by atoms with Crippen LogP contribution in [0.4, 0.5) is 5.82 Å². The molecule has 0 unspecified atom stereocenters. The molecule has 0 bridgehead atoms. The van der Waals surface area contributed by atoms with Gasteiger partial charge in [-0.2, -0.15) is 5.10 Å². The zero-order valence-corrected chi connectivity index (χ0v) is 13.5. The van der Waals surface area contributed by atoms with Crippen molar-refractivity contribution in [3.8, 4) is 0 Å². The molecular formula is C18H15N5O2. The number of aromatic amines is 1. The number of carbonyl (C=O) groups is 1. The molecule has 124 valence electrons. The van der Waals surface area contributed by atoms with Gasteiger partial charge in [-0.25, -0.2) is 9.67 Å². The van der Waals surface area contributed by atoms with E-state index in [9.17, 15) is 9.59 Å². The van der Waals surface area contributed by atoms with E-state index in [4.69, 9.17) is 0 Å². The molecule has 0 atom stereocenters. The van der Waals surface area contributed by atoms with Crippen LogP contribution < -0.4 is 10.9 Å². The smallest absolute Gasteiger partial charge is 0.291 e. The molecule has 0 aliphatic carbocycles. The van der Waals surface area contributed by atoms with Crippen molar-refractivity contribution < 1.29 is 4.79 Å². The van der Waals surface area contributed by atoms with Crippen LogP contribution in [0.2, 0.25) is 0 Å². The Morgan fingerprint density at radius 3 is 2.92 bits per heavy atom. The molecule has 0 saturated carbocycles. The number of nitrogens with zero attached hydrogens (tertiary/aromatic N) is 3. The van der Waals surface area contributed by atoms with Crippen LogP contribution in [0, 0.1) is 6.92 Å². The number of pyridine rings is 1. The van der Waals surface area contributed by atoms with Crippen molar-refractivity contribution in [1.82, 2.24) is 19.7 Å². The Morgan fingerprint density at radius 2 is 2.12 bits per heavy atom. The van der Waals surface area contributed by atoms with E-state index >= 15 is 0 Å². The van der Waals surface area contributed by atoms with Crippen molar-refractivity contribution in [3.63, 3.8) is 0 Å². The molecule has 0 saturated heterocycles. The predicted molar refractivity (Wildman–Crippen MR) is 95.5 cm³/mol. The van der Waals surface area contributed by atoms with Gasteiger partial charge in [0.15, 0.2) is 0 Å². The van der Waals surface area contributed by atoms with Crippen molar-refractivity contribution in [3.05, 3.63) is 64.7 Å². The van der Waals surface area contributed by atoms with Gasteiger partial charge in [-0.15, -0.1) is 0 Å². The summed E-state index contributed by atoms with van der Waals surface area (Å²) in [7, 11) is 0. The Morgan fingerprint density at radius 1 is 1.24 bits per heavy atom. The van der Waals surface area contributed by atoms with E-state index in [1.807, 2.05) is 25.1 Å². The molecule has 4 rings (SSSR count). The zero-order chi connectivity index (χ0) is 17.4. The fourth-order valence-corrected chi connectivity index (χ4v) is 2.81. The summed E-state index contributed by atoms with van der Waals surface area (Å²) < 4.78 is 1.14. The number of aromatic nitrogens is 4. The van der Waals surface area contributed by atoms with E-state index in [1.54, 1.807) is 30.6 Å². The molecule has 0 radical (unpaired) electrons. The second kappa shape index (κ2) is 5.86. The first-order chi connectivity index (χ1) is 12.1. The van der Waals surface area contributed by atoms with Crippen LogP contribution in [0.1, 0.15) is 5.56 Å². The van der Waals surface area contributed by atoms with E-state index < -0.39 is 0 Å². The number of fused-ring (bicyclic) bond motifs is 3. The van der Waals surface area contributed by atoms with Crippen molar-refractivity contribution in [2.75, 3.05) is 5.32 Å². The van der Waals surface area contributed by atoms with Gasteiger partial charge < -0.3 is 10.3 Å². The van der Waals surface area contributed by atoms with Gasteiger partial charge in [-0.1, -0.05) is 17.7 Å². The van der Waals surface area contributed by atoms with Crippen molar-refractivity contribution >= 4 is 33.5 Å². The van der Waals surface area contributed by atoms with Gasteiger partial charge in [0.05, 0.1) is 6.20 Å². The quantitative estimate of drug-likeness (QED) is 0.601. The van der Waals surface area contributed by atoms with Crippen LogP contribution in [0.3, 0.4) is 0 Å². The lowest BCUT2D eigenvalue weighted by Gasteiger charge is -2.05. The summed E-state index contributed by atoms with van der Waals surface area (Å²) in [6.45, 7) is 1.81. The minimum absolute atomic E-state index is 0.181. The summed E-state index contributed by atoms with van der Waals surface area (Å²) in [5, 5.41) is 8.49. The minimum Gasteiger partial charge on any atom is -0.350 e. The molecule has 4 aromatic rings. The first-order valence-corrected chi connectivity index (χ1v) is 7.81. The molecule has 1 aromatic carbocycles. The largest absolute Gasteiger partial charge is 0.350 e. The number of hydrogen-bond donors (Lipinski definition) is 2. The molecule has 1 amide bonds. The summed E-state index contributed by atoms with van der Waals surface area (Å²) in [6, 6.07) is 11.1. The lowest BCUT2D eigenvalue weighted by Crippen LogP contribution is -2.29. The Bertz CT molecular complexity index is 1140. The van der Waals surface area contributed by atoms with E-state index in [0.29, 0.717) is 11.3 Å². The third kappa shape index (κ3) is 2.76. The third-order valence-electron chi connectivity index (χ3n) is 3.99. The van der Waals surface area contributed by atoms with Gasteiger partial charge in [0, 0.05) is 22.5 Å². The molecule has 0 aliphatic rings. The minimum atomic E-state index is -0.361. The molecule has 3 aromatic heterocycles. The summed E-state index contributed by atoms with van der Waals surface area (Å²) in [6.07, 6.45) is 3.20. The standard InChI is InChI=1S/C18H15N5O2/c1-11-5-6-14-12(8-11)13-9-20-23(18(25)17(13)21-14)10-16(24)22-15-4-2-3-7-19-15/h2-9,21H,10H2,1H3,(H,19,22,24). The van der Waals surface area contributed by atoms with Crippen molar-refractivity contribution in [2.24, 2.45) is 0 Å². The Hall–Kier alpha value is -3.48. The van der Waals surface area contributed by atoms with Crippen molar-refractivity contribution in [1.29, 1.82) is 0 Å². The Labute approximate surface area is 142 Å². The highest BCUT2D eigenvalue weighted by Gasteiger charge is 2.13.